The summed E-state index contributed by atoms with van der Waals surface area (Å²) < 4.78 is 35.3. The van der Waals surface area contributed by atoms with Crippen molar-refractivity contribution in [2.45, 2.75) is 76.4 Å². The lowest BCUT2D eigenvalue weighted by atomic mass is 9.83. The third kappa shape index (κ3) is 15.8. The summed E-state index contributed by atoms with van der Waals surface area (Å²) in [5.41, 5.74) is 5.38. The van der Waals surface area contributed by atoms with Gasteiger partial charge in [-0.2, -0.15) is 5.26 Å². The van der Waals surface area contributed by atoms with Crippen molar-refractivity contribution < 1.29 is 38.0 Å². The van der Waals surface area contributed by atoms with Crippen molar-refractivity contribution in [3.05, 3.63) is 90.1 Å². The molecular weight excluding hydrogens is 963 g/mol. The number of carbonyl (C=O) groups excluding carboxylic acids is 2. The van der Waals surface area contributed by atoms with Crippen molar-refractivity contribution in [2.75, 3.05) is 137 Å². The minimum atomic E-state index is -0.441. The lowest BCUT2D eigenvalue weighted by Gasteiger charge is -2.41. The average Bonchev–Trinajstić information content (AvgIpc) is 3.89. The number of benzene rings is 3. The highest BCUT2D eigenvalue weighted by Gasteiger charge is 2.44. The molecule has 4 fully saturated rings. The monoisotopic (exact) mass is 1040 g/mol. The molecular formula is C59H81N9O8. The van der Waals surface area contributed by atoms with Gasteiger partial charge in [-0.25, -0.2) is 4.98 Å². The number of amides is 2. The summed E-state index contributed by atoms with van der Waals surface area (Å²) in [6.45, 7) is 12.8. The summed E-state index contributed by atoms with van der Waals surface area (Å²) >= 11 is 0. The van der Waals surface area contributed by atoms with E-state index in [1.807, 2.05) is 49.4 Å². The Hall–Kier alpha value is -6.00. The standard InChI is InChI=1S/C59H81N9O8/c1-43(61-2)58(69)64-57(47-8-6-5-7-9-47)59(70)68-25-21-46-20-24-66(42-53(46)68)23-19-44-10-14-50(15-11-44)75-36-34-73-32-30-72-31-33-74-35-37-76-55-40-49(13-16-52(55)67-28-26-65(3)27-29-67)63-56-39-48(18-22-62-56)51-38-45(41-60)12-17-54(51)71-4/h10-18,22,38-40,43,46-47,53,57,61H,5-9,19-21,23-37,42H2,1-4H3,(H,62,63)(H,64,69)/t43-,46-,53-,57?/m0/s1. The highest BCUT2D eigenvalue weighted by atomic mass is 16.6. The number of nitrogens with zero attached hydrogens (tertiary/aromatic N) is 6. The smallest absolute Gasteiger partial charge is 0.245 e. The second-order valence-corrected chi connectivity index (χ2v) is 20.6. The highest BCUT2D eigenvalue weighted by Crippen LogP contribution is 2.37. The number of likely N-dealkylation sites (N-methyl/N-ethyl adjacent to an activating group) is 2. The summed E-state index contributed by atoms with van der Waals surface area (Å²) in [7, 11) is 5.55. The van der Waals surface area contributed by atoms with Crippen LogP contribution in [0.3, 0.4) is 0 Å². The van der Waals surface area contributed by atoms with E-state index in [1.165, 1.54) is 12.0 Å². The Balaban J connectivity index is 0.695. The molecule has 0 spiro atoms. The van der Waals surface area contributed by atoms with E-state index in [-0.39, 0.29) is 29.8 Å². The molecule has 17 heteroatoms. The molecule has 4 aliphatic rings. The van der Waals surface area contributed by atoms with Gasteiger partial charge in [-0.1, -0.05) is 31.4 Å². The molecule has 3 saturated heterocycles. The van der Waals surface area contributed by atoms with Crippen LogP contribution in [-0.2, 0) is 30.2 Å². The topological polar surface area (TPSA) is 175 Å². The molecule has 3 aliphatic heterocycles. The summed E-state index contributed by atoms with van der Waals surface area (Å²) in [6.07, 6.45) is 10.3. The number of nitrogens with one attached hydrogen (secondary N) is 3. The van der Waals surface area contributed by atoms with Crippen molar-refractivity contribution in [3.8, 4) is 34.4 Å². The van der Waals surface area contributed by atoms with Gasteiger partial charge in [0.2, 0.25) is 11.8 Å². The first kappa shape index (κ1) is 56.2. The summed E-state index contributed by atoms with van der Waals surface area (Å²) in [6, 6.07) is 25.3. The van der Waals surface area contributed by atoms with Crippen molar-refractivity contribution in [1.82, 2.24) is 30.3 Å². The van der Waals surface area contributed by atoms with Crippen LogP contribution >= 0.6 is 0 Å². The number of piperazine rings is 1. The number of fused-ring (bicyclic) bond motifs is 1. The Bertz CT molecular complexity index is 2500. The van der Waals surface area contributed by atoms with Crippen molar-refractivity contribution in [2.24, 2.45) is 11.8 Å². The minimum absolute atomic E-state index is 0.0933. The van der Waals surface area contributed by atoms with E-state index in [9.17, 15) is 14.9 Å². The Morgan fingerprint density at radius 2 is 1.49 bits per heavy atom. The zero-order valence-corrected chi connectivity index (χ0v) is 45.3. The quantitative estimate of drug-likeness (QED) is 0.0534. The number of anilines is 3. The molecule has 3 aromatic carbocycles. The highest BCUT2D eigenvalue weighted by molar-refractivity contribution is 5.90. The maximum atomic E-state index is 14.3. The van der Waals surface area contributed by atoms with E-state index >= 15 is 0 Å². The Labute approximate surface area is 450 Å². The van der Waals surface area contributed by atoms with Crippen LogP contribution in [0.1, 0.15) is 63.0 Å². The predicted octanol–water partition coefficient (Wildman–Crippen LogP) is 6.77. The number of piperidine rings is 1. The van der Waals surface area contributed by atoms with Gasteiger partial charge in [-0.05, 0) is 137 Å². The van der Waals surface area contributed by atoms with Crippen molar-refractivity contribution in [1.29, 1.82) is 5.26 Å². The van der Waals surface area contributed by atoms with Crippen molar-refractivity contribution in [3.63, 3.8) is 0 Å². The van der Waals surface area contributed by atoms with Gasteiger partial charge in [-0.3, -0.25) is 9.59 Å². The van der Waals surface area contributed by atoms with Crippen LogP contribution in [0.2, 0.25) is 0 Å². The number of ether oxygens (including phenoxy) is 6. The molecule has 1 aromatic heterocycles. The minimum Gasteiger partial charge on any atom is -0.496 e. The second kappa shape index (κ2) is 28.9. The number of methoxy groups -OCH3 is 1. The van der Waals surface area contributed by atoms with E-state index in [4.69, 9.17) is 28.4 Å². The molecule has 1 aliphatic carbocycles. The number of aromatic nitrogens is 1. The predicted molar refractivity (Wildman–Crippen MR) is 296 cm³/mol. The normalized spacial score (nSPS) is 19.1. The number of hydrogen-bond donors (Lipinski definition) is 3. The molecule has 17 nitrogen and oxygen atoms in total. The van der Waals surface area contributed by atoms with E-state index in [1.54, 1.807) is 32.5 Å². The van der Waals surface area contributed by atoms with E-state index in [0.29, 0.717) is 75.9 Å². The molecule has 0 bridgehead atoms. The second-order valence-electron chi connectivity index (χ2n) is 20.6. The maximum absolute atomic E-state index is 14.3. The molecule has 3 N–H and O–H groups in total. The van der Waals surface area contributed by atoms with Crippen molar-refractivity contribution >= 4 is 29.0 Å². The first-order valence-corrected chi connectivity index (χ1v) is 27.7. The molecule has 4 atom stereocenters. The zero-order chi connectivity index (χ0) is 53.1. The Morgan fingerprint density at radius 3 is 2.20 bits per heavy atom. The number of nitriles is 1. The lowest BCUT2D eigenvalue weighted by molar-refractivity contribution is -0.140. The van der Waals surface area contributed by atoms with Gasteiger partial charge in [0.1, 0.15) is 42.3 Å². The first-order valence-electron chi connectivity index (χ1n) is 27.7. The Kier molecular flexibility index (Phi) is 21.4. The van der Waals surface area contributed by atoms with Crippen LogP contribution in [0.4, 0.5) is 17.2 Å². The van der Waals surface area contributed by atoms with E-state index in [0.717, 1.165) is 131 Å². The van der Waals surface area contributed by atoms with Crippen LogP contribution < -0.4 is 35.1 Å². The Morgan fingerprint density at radius 1 is 0.776 bits per heavy atom. The molecule has 4 heterocycles. The van der Waals surface area contributed by atoms with Gasteiger partial charge in [0.15, 0.2) is 0 Å². The SMILES string of the molecule is CN[C@@H](C)C(=O)NC(C(=O)N1CC[C@@H]2CCN(CCc3ccc(OCCOCCOCCOCCOc4cc(Nc5cc(-c6cc(C#N)ccc6OC)ccn5)ccc4N4CCN(C)CC4)cc3)C[C@@H]21)C1CCCCC1. The van der Waals surface area contributed by atoms with Crippen LogP contribution in [0, 0.1) is 23.2 Å². The third-order valence-corrected chi connectivity index (χ3v) is 15.6. The number of likely N-dealkylation sites (tertiary alicyclic amines) is 2. The lowest BCUT2D eigenvalue weighted by Crippen LogP contribution is -2.58. The largest absolute Gasteiger partial charge is 0.496 e. The molecule has 2 amide bonds. The van der Waals surface area contributed by atoms with Gasteiger partial charge in [-0.15, -0.1) is 0 Å². The molecule has 410 valence electrons. The van der Waals surface area contributed by atoms with E-state index < -0.39 is 6.04 Å². The summed E-state index contributed by atoms with van der Waals surface area (Å²) in [5, 5.41) is 19.2. The molecule has 1 unspecified atom stereocenters. The fourth-order valence-corrected chi connectivity index (χ4v) is 11.0. The average molecular weight is 1040 g/mol. The molecule has 4 aromatic rings. The summed E-state index contributed by atoms with van der Waals surface area (Å²) in [4.78, 5) is 41.2. The number of hydrogen-bond acceptors (Lipinski definition) is 15. The molecule has 76 heavy (non-hydrogen) atoms. The van der Waals surface area contributed by atoms with Crippen LogP contribution in [0.25, 0.3) is 11.1 Å². The number of rotatable bonds is 27. The van der Waals surface area contributed by atoms with E-state index in [2.05, 4.69) is 71.8 Å². The van der Waals surface area contributed by atoms with Crippen LogP contribution in [0.5, 0.6) is 17.2 Å². The molecule has 8 rings (SSSR count). The number of carbonyl (C=O) groups is 2. The molecule has 1 saturated carbocycles. The fourth-order valence-electron chi connectivity index (χ4n) is 11.0. The van der Waals surface area contributed by atoms with Gasteiger partial charge in [0, 0.05) is 75.4 Å². The van der Waals surface area contributed by atoms with Gasteiger partial charge < -0.3 is 64.0 Å². The third-order valence-electron chi connectivity index (χ3n) is 15.6. The van der Waals surface area contributed by atoms with Gasteiger partial charge >= 0.3 is 0 Å². The zero-order valence-electron chi connectivity index (χ0n) is 45.3. The van der Waals surface area contributed by atoms with Gasteiger partial charge in [0.25, 0.3) is 0 Å². The molecule has 0 radical (unpaired) electrons. The van der Waals surface area contributed by atoms with Crippen LogP contribution in [0.15, 0.2) is 79.0 Å². The van der Waals surface area contributed by atoms with Crippen LogP contribution in [-0.4, -0.2) is 176 Å². The van der Waals surface area contributed by atoms with Gasteiger partial charge in [0.05, 0.1) is 70.1 Å². The number of pyridine rings is 1. The fraction of sp³-hybridized carbons (Fsp3) is 0.559. The maximum Gasteiger partial charge on any atom is 0.245 e. The summed E-state index contributed by atoms with van der Waals surface area (Å²) in [5.74, 6) is 3.68. The first-order chi connectivity index (χ1) is 37.2.